The van der Waals surface area contributed by atoms with Gasteiger partial charge < -0.3 is 20.3 Å². The number of hydrogen-bond acceptors (Lipinski definition) is 5. The topological polar surface area (TPSA) is 61.8 Å². The van der Waals surface area contributed by atoms with Gasteiger partial charge >= 0.3 is 0 Å². The van der Waals surface area contributed by atoms with Gasteiger partial charge in [-0.3, -0.25) is 0 Å². The van der Waals surface area contributed by atoms with Crippen molar-refractivity contribution in [1.82, 2.24) is 15.6 Å². The van der Waals surface area contributed by atoms with Gasteiger partial charge in [0, 0.05) is 45.8 Å². The molecule has 1 heterocycles. The van der Waals surface area contributed by atoms with E-state index in [1.165, 1.54) is 0 Å². The molecule has 0 aromatic carbocycles. The zero-order chi connectivity index (χ0) is 17.1. The van der Waals surface area contributed by atoms with E-state index in [0.717, 1.165) is 49.5 Å². The quantitative estimate of drug-likeness (QED) is 0.239. The third-order valence-electron chi connectivity index (χ3n) is 2.87. The molecule has 0 spiro atoms. The summed E-state index contributed by atoms with van der Waals surface area (Å²) < 4.78 is 5.58. The van der Waals surface area contributed by atoms with Gasteiger partial charge in [-0.05, 0) is 19.3 Å². The van der Waals surface area contributed by atoms with E-state index < -0.39 is 0 Å². The molecule has 0 aliphatic rings. The Morgan fingerprint density at radius 1 is 1.38 bits per heavy atom. The van der Waals surface area contributed by atoms with E-state index in [-0.39, 0.29) is 24.0 Å². The summed E-state index contributed by atoms with van der Waals surface area (Å²) >= 11 is 1.64. The molecule has 1 aromatic heterocycles. The highest BCUT2D eigenvalue weighted by Gasteiger charge is 2.04. The molecule has 0 radical (unpaired) electrons. The SMILES string of the molecule is CCNC(=NCc1csc(N(C)C)n1)NCCCOCC(C)C.I. The molecule has 0 unspecified atom stereocenters. The zero-order valence-electron chi connectivity index (χ0n) is 15.5. The Morgan fingerprint density at radius 3 is 2.71 bits per heavy atom. The average Bonchev–Trinajstić information content (AvgIpc) is 2.97. The van der Waals surface area contributed by atoms with Crippen LogP contribution >= 0.6 is 35.3 Å². The first-order valence-corrected chi connectivity index (χ1v) is 9.12. The van der Waals surface area contributed by atoms with Crippen molar-refractivity contribution >= 4 is 46.4 Å². The second kappa shape index (κ2) is 13.7. The number of nitrogens with one attached hydrogen (secondary N) is 2. The molecule has 2 N–H and O–H groups in total. The summed E-state index contributed by atoms with van der Waals surface area (Å²) in [5, 5.41) is 9.65. The number of nitrogens with zero attached hydrogens (tertiary/aromatic N) is 3. The predicted octanol–water partition coefficient (Wildman–Crippen LogP) is 2.94. The smallest absolute Gasteiger partial charge is 0.191 e. The van der Waals surface area contributed by atoms with Crippen molar-refractivity contribution in [3.05, 3.63) is 11.1 Å². The average molecular weight is 469 g/mol. The number of aromatic nitrogens is 1. The number of aliphatic imine (C=N–C) groups is 1. The minimum Gasteiger partial charge on any atom is -0.381 e. The van der Waals surface area contributed by atoms with Crippen LogP contribution in [0.5, 0.6) is 0 Å². The maximum atomic E-state index is 5.58. The van der Waals surface area contributed by atoms with E-state index >= 15 is 0 Å². The van der Waals surface area contributed by atoms with Gasteiger partial charge in [0.1, 0.15) is 0 Å². The van der Waals surface area contributed by atoms with Crippen molar-refractivity contribution in [3.8, 4) is 0 Å². The second-order valence-electron chi connectivity index (χ2n) is 5.96. The standard InChI is InChI=1S/C16H31N5OS.HI/c1-6-17-15(18-8-7-9-22-11-13(2)3)19-10-14-12-23-16(20-14)21(4)5;/h12-13H,6-11H2,1-5H3,(H2,17,18,19);1H. The summed E-state index contributed by atoms with van der Waals surface area (Å²) in [7, 11) is 4.00. The lowest BCUT2D eigenvalue weighted by Crippen LogP contribution is -2.38. The molecular weight excluding hydrogens is 437 g/mol. The van der Waals surface area contributed by atoms with Crippen LogP contribution in [0.15, 0.2) is 10.4 Å². The van der Waals surface area contributed by atoms with Crippen molar-refractivity contribution in [2.45, 2.75) is 33.7 Å². The van der Waals surface area contributed by atoms with Crippen LogP contribution in [0.3, 0.4) is 0 Å². The normalized spacial score (nSPS) is 11.3. The number of guanidine groups is 1. The molecule has 6 nitrogen and oxygen atoms in total. The van der Waals surface area contributed by atoms with Gasteiger partial charge in [0.25, 0.3) is 0 Å². The molecule has 0 bridgehead atoms. The van der Waals surface area contributed by atoms with Gasteiger partial charge in [-0.15, -0.1) is 35.3 Å². The number of halogens is 1. The number of rotatable bonds is 10. The molecule has 1 aromatic rings. The Hall–Kier alpha value is -0.610. The molecule has 8 heteroatoms. The van der Waals surface area contributed by atoms with Gasteiger partial charge in [-0.25, -0.2) is 9.98 Å². The minimum atomic E-state index is 0. The number of anilines is 1. The lowest BCUT2D eigenvalue weighted by molar-refractivity contribution is 0.108. The summed E-state index contributed by atoms with van der Waals surface area (Å²) in [4.78, 5) is 11.1. The first-order valence-electron chi connectivity index (χ1n) is 8.24. The maximum absolute atomic E-state index is 5.58. The number of thiazole rings is 1. The molecule has 0 atom stereocenters. The van der Waals surface area contributed by atoms with Crippen LogP contribution in [0.4, 0.5) is 5.13 Å². The van der Waals surface area contributed by atoms with Crippen LogP contribution in [0.2, 0.25) is 0 Å². The van der Waals surface area contributed by atoms with Gasteiger partial charge in [0.2, 0.25) is 0 Å². The fraction of sp³-hybridized carbons (Fsp3) is 0.750. The summed E-state index contributed by atoms with van der Waals surface area (Å²) in [6.07, 6.45) is 0.971. The Labute approximate surface area is 167 Å². The Kier molecular flexibility index (Phi) is 13.3. The summed E-state index contributed by atoms with van der Waals surface area (Å²) in [5.41, 5.74) is 0.996. The second-order valence-corrected chi connectivity index (χ2v) is 6.80. The van der Waals surface area contributed by atoms with E-state index in [9.17, 15) is 0 Å². The van der Waals surface area contributed by atoms with Gasteiger partial charge in [0.05, 0.1) is 12.2 Å². The highest BCUT2D eigenvalue weighted by molar-refractivity contribution is 14.0. The molecule has 0 aliphatic heterocycles. The Bertz CT molecular complexity index is 465. The summed E-state index contributed by atoms with van der Waals surface area (Å²) in [6, 6.07) is 0. The maximum Gasteiger partial charge on any atom is 0.191 e. The van der Waals surface area contributed by atoms with E-state index in [1.54, 1.807) is 11.3 Å². The van der Waals surface area contributed by atoms with Crippen molar-refractivity contribution in [2.75, 3.05) is 45.3 Å². The van der Waals surface area contributed by atoms with E-state index in [2.05, 4.69) is 46.8 Å². The van der Waals surface area contributed by atoms with Gasteiger partial charge in [-0.1, -0.05) is 13.8 Å². The fourth-order valence-electron chi connectivity index (χ4n) is 1.78. The Morgan fingerprint density at radius 2 is 2.12 bits per heavy atom. The van der Waals surface area contributed by atoms with E-state index in [0.29, 0.717) is 12.5 Å². The number of hydrogen-bond donors (Lipinski definition) is 2. The minimum absolute atomic E-state index is 0. The lowest BCUT2D eigenvalue weighted by Gasteiger charge is -2.11. The fourth-order valence-corrected chi connectivity index (χ4v) is 2.53. The first kappa shape index (κ1) is 23.4. The molecular formula is C16H32IN5OS. The van der Waals surface area contributed by atoms with Crippen molar-refractivity contribution in [1.29, 1.82) is 0 Å². The largest absolute Gasteiger partial charge is 0.381 e. The molecule has 0 saturated carbocycles. The van der Waals surface area contributed by atoms with Crippen LogP contribution in [0.25, 0.3) is 0 Å². The molecule has 0 amide bonds. The van der Waals surface area contributed by atoms with Crippen LogP contribution in [0.1, 0.15) is 32.9 Å². The van der Waals surface area contributed by atoms with Crippen molar-refractivity contribution in [3.63, 3.8) is 0 Å². The van der Waals surface area contributed by atoms with Gasteiger partial charge in [-0.2, -0.15) is 0 Å². The van der Waals surface area contributed by atoms with Crippen molar-refractivity contribution < 1.29 is 4.74 Å². The first-order chi connectivity index (χ1) is 11.0. The van der Waals surface area contributed by atoms with E-state index in [1.807, 2.05) is 19.0 Å². The van der Waals surface area contributed by atoms with E-state index in [4.69, 9.17) is 4.74 Å². The molecule has 0 aliphatic carbocycles. The summed E-state index contributed by atoms with van der Waals surface area (Å²) in [6.45, 7) is 10.3. The zero-order valence-corrected chi connectivity index (χ0v) is 18.6. The monoisotopic (exact) mass is 469 g/mol. The lowest BCUT2D eigenvalue weighted by atomic mass is 10.2. The van der Waals surface area contributed by atoms with Gasteiger partial charge in [0.15, 0.2) is 11.1 Å². The van der Waals surface area contributed by atoms with Crippen LogP contribution in [-0.2, 0) is 11.3 Å². The molecule has 0 saturated heterocycles. The molecule has 24 heavy (non-hydrogen) atoms. The van der Waals surface area contributed by atoms with Crippen molar-refractivity contribution in [2.24, 2.45) is 10.9 Å². The van der Waals surface area contributed by atoms with Crippen LogP contribution < -0.4 is 15.5 Å². The highest BCUT2D eigenvalue weighted by Crippen LogP contribution is 2.18. The Balaban J connectivity index is 0.00000529. The molecule has 1 rings (SSSR count). The molecule has 0 fully saturated rings. The third-order valence-corrected chi connectivity index (χ3v) is 3.93. The highest BCUT2D eigenvalue weighted by atomic mass is 127. The van der Waals surface area contributed by atoms with Crippen LogP contribution in [-0.4, -0.2) is 51.3 Å². The molecule has 140 valence electrons. The predicted molar refractivity (Wildman–Crippen MR) is 115 cm³/mol. The number of ether oxygens (including phenoxy) is 1. The third kappa shape index (κ3) is 10.3. The van der Waals surface area contributed by atoms with Crippen LogP contribution in [0, 0.1) is 5.92 Å². The summed E-state index contributed by atoms with van der Waals surface area (Å²) in [5.74, 6) is 1.42.